The second-order valence-electron chi connectivity index (χ2n) is 5.92. The van der Waals surface area contributed by atoms with Crippen LogP contribution < -0.4 is 4.90 Å². The minimum absolute atomic E-state index is 0.0942. The van der Waals surface area contributed by atoms with E-state index in [1.165, 1.54) is 24.3 Å². The zero-order valence-electron chi connectivity index (χ0n) is 13.5. The van der Waals surface area contributed by atoms with E-state index in [4.69, 9.17) is 5.11 Å². The standard InChI is InChI=1S/C21H13NO4/c23-19-17-11-8-15(13-4-2-1-3-5-13)12-18(17)20(24)22(19)16-9-6-14(7-10-16)21(25)26/h1-12H,(H,25,26). The van der Waals surface area contributed by atoms with Gasteiger partial charge in [-0.25, -0.2) is 9.69 Å². The third-order valence-electron chi connectivity index (χ3n) is 4.37. The number of hydrogen-bond donors (Lipinski definition) is 1. The molecule has 0 saturated heterocycles. The SMILES string of the molecule is O=C(O)c1ccc(N2C(=O)c3ccc(-c4ccccc4)cc3C2=O)cc1. The minimum Gasteiger partial charge on any atom is -0.478 e. The van der Waals surface area contributed by atoms with Gasteiger partial charge in [-0.3, -0.25) is 9.59 Å². The van der Waals surface area contributed by atoms with Crippen molar-refractivity contribution in [2.24, 2.45) is 0 Å². The van der Waals surface area contributed by atoms with E-state index in [0.29, 0.717) is 16.8 Å². The Hall–Kier alpha value is -3.73. The number of imide groups is 1. The summed E-state index contributed by atoms with van der Waals surface area (Å²) in [6.45, 7) is 0. The van der Waals surface area contributed by atoms with E-state index in [9.17, 15) is 14.4 Å². The van der Waals surface area contributed by atoms with Crippen LogP contribution in [0.1, 0.15) is 31.1 Å². The molecule has 0 unspecified atom stereocenters. The van der Waals surface area contributed by atoms with Crippen molar-refractivity contribution in [1.82, 2.24) is 0 Å². The molecule has 0 saturated carbocycles. The van der Waals surface area contributed by atoms with Crippen molar-refractivity contribution in [1.29, 1.82) is 0 Å². The summed E-state index contributed by atoms with van der Waals surface area (Å²) in [4.78, 5) is 37.5. The summed E-state index contributed by atoms with van der Waals surface area (Å²) in [6.07, 6.45) is 0. The number of carbonyl (C=O) groups excluding carboxylic acids is 2. The molecule has 5 heteroatoms. The quantitative estimate of drug-likeness (QED) is 0.733. The Bertz CT molecular complexity index is 1040. The van der Waals surface area contributed by atoms with Crippen molar-refractivity contribution in [3.63, 3.8) is 0 Å². The van der Waals surface area contributed by atoms with Crippen molar-refractivity contribution < 1.29 is 19.5 Å². The Morgan fingerprint density at radius 2 is 1.38 bits per heavy atom. The first kappa shape index (κ1) is 15.8. The third kappa shape index (κ3) is 2.46. The fraction of sp³-hybridized carbons (Fsp3) is 0. The van der Waals surface area contributed by atoms with Gasteiger partial charge in [-0.05, 0) is 47.5 Å². The Balaban J connectivity index is 1.73. The molecule has 4 rings (SSSR count). The maximum atomic E-state index is 12.8. The van der Waals surface area contributed by atoms with Gasteiger partial charge in [0.25, 0.3) is 11.8 Å². The number of hydrogen-bond acceptors (Lipinski definition) is 3. The molecule has 3 aromatic carbocycles. The largest absolute Gasteiger partial charge is 0.478 e. The lowest BCUT2D eigenvalue weighted by atomic mass is 10.0. The molecule has 0 radical (unpaired) electrons. The molecule has 5 nitrogen and oxygen atoms in total. The molecular formula is C21H13NO4. The fourth-order valence-electron chi connectivity index (χ4n) is 3.04. The van der Waals surface area contributed by atoms with Gasteiger partial charge in [0.2, 0.25) is 0 Å². The number of rotatable bonds is 3. The molecule has 0 aliphatic carbocycles. The molecule has 26 heavy (non-hydrogen) atoms. The lowest BCUT2D eigenvalue weighted by Gasteiger charge is -2.13. The van der Waals surface area contributed by atoms with Crippen molar-refractivity contribution in [2.45, 2.75) is 0 Å². The van der Waals surface area contributed by atoms with Crippen molar-refractivity contribution in [3.05, 3.63) is 89.5 Å². The van der Waals surface area contributed by atoms with Gasteiger partial charge in [0.15, 0.2) is 0 Å². The second-order valence-corrected chi connectivity index (χ2v) is 5.92. The monoisotopic (exact) mass is 343 g/mol. The molecule has 0 aromatic heterocycles. The summed E-state index contributed by atoms with van der Waals surface area (Å²) in [6, 6.07) is 20.5. The number of benzene rings is 3. The third-order valence-corrected chi connectivity index (χ3v) is 4.37. The van der Waals surface area contributed by atoms with Crippen LogP contribution in [0.4, 0.5) is 5.69 Å². The Labute approximate surface area is 149 Å². The van der Waals surface area contributed by atoms with Crippen LogP contribution in [-0.2, 0) is 0 Å². The number of aromatic carboxylic acids is 1. The van der Waals surface area contributed by atoms with Crippen LogP contribution in [0.5, 0.6) is 0 Å². The van der Waals surface area contributed by atoms with Crippen LogP contribution >= 0.6 is 0 Å². The van der Waals surface area contributed by atoms with Crippen LogP contribution in [0.15, 0.2) is 72.8 Å². The zero-order chi connectivity index (χ0) is 18.3. The first-order valence-corrected chi connectivity index (χ1v) is 7.98. The fourth-order valence-corrected chi connectivity index (χ4v) is 3.04. The van der Waals surface area contributed by atoms with Gasteiger partial charge in [-0.2, -0.15) is 0 Å². The lowest BCUT2D eigenvalue weighted by molar-refractivity contribution is 0.0696. The summed E-state index contributed by atoms with van der Waals surface area (Å²) in [7, 11) is 0. The first-order valence-electron chi connectivity index (χ1n) is 7.98. The molecule has 1 aliphatic rings. The molecular weight excluding hydrogens is 330 g/mol. The molecule has 1 heterocycles. The summed E-state index contributed by atoms with van der Waals surface area (Å²) < 4.78 is 0. The van der Waals surface area contributed by atoms with Crippen LogP contribution in [-0.4, -0.2) is 22.9 Å². The molecule has 3 aromatic rings. The molecule has 2 amide bonds. The van der Waals surface area contributed by atoms with Crippen molar-refractivity contribution in [2.75, 3.05) is 4.90 Å². The van der Waals surface area contributed by atoms with Crippen LogP contribution in [0.3, 0.4) is 0 Å². The number of carboxylic acids is 1. The van der Waals surface area contributed by atoms with Gasteiger partial charge < -0.3 is 5.11 Å². The zero-order valence-corrected chi connectivity index (χ0v) is 13.5. The Morgan fingerprint density at radius 3 is 2.04 bits per heavy atom. The van der Waals surface area contributed by atoms with Gasteiger partial charge in [0, 0.05) is 0 Å². The summed E-state index contributed by atoms with van der Waals surface area (Å²) in [5.41, 5.74) is 2.95. The highest BCUT2D eigenvalue weighted by molar-refractivity contribution is 6.34. The van der Waals surface area contributed by atoms with Gasteiger partial charge in [0.1, 0.15) is 0 Å². The predicted molar refractivity (Wildman–Crippen MR) is 96.4 cm³/mol. The van der Waals surface area contributed by atoms with Gasteiger partial charge in [0.05, 0.1) is 22.4 Å². The number of carboxylic acid groups (broad SMARTS) is 1. The average Bonchev–Trinajstić information content (AvgIpc) is 2.93. The number of amides is 2. The molecule has 126 valence electrons. The van der Waals surface area contributed by atoms with E-state index in [2.05, 4.69) is 0 Å². The van der Waals surface area contributed by atoms with Crippen molar-refractivity contribution in [3.8, 4) is 11.1 Å². The average molecular weight is 343 g/mol. The molecule has 0 atom stereocenters. The van der Waals surface area contributed by atoms with E-state index in [0.717, 1.165) is 16.0 Å². The number of fused-ring (bicyclic) bond motifs is 1. The normalized spacial score (nSPS) is 13.0. The molecule has 1 aliphatic heterocycles. The summed E-state index contributed by atoms with van der Waals surface area (Å²) >= 11 is 0. The maximum Gasteiger partial charge on any atom is 0.335 e. The predicted octanol–water partition coefficient (Wildman–Crippen LogP) is 3.85. The van der Waals surface area contributed by atoms with Gasteiger partial charge >= 0.3 is 5.97 Å². The first-order chi connectivity index (χ1) is 12.6. The number of carbonyl (C=O) groups is 3. The second kappa shape index (κ2) is 5.97. The van der Waals surface area contributed by atoms with Gasteiger partial charge in [-0.15, -0.1) is 0 Å². The van der Waals surface area contributed by atoms with E-state index in [1.54, 1.807) is 12.1 Å². The van der Waals surface area contributed by atoms with Crippen LogP contribution in [0.2, 0.25) is 0 Å². The van der Waals surface area contributed by atoms with E-state index >= 15 is 0 Å². The van der Waals surface area contributed by atoms with E-state index in [1.807, 2.05) is 36.4 Å². The smallest absolute Gasteiger partial charge is 0.335 e. The maximum absolute atomic E-state index is 12.8. The summed E-state index contributed by atoms with van der Waals surface area (Å²) in [5.74, 6) is -1.88. The molecule has 0 bridgehead atoms. The van der Waals surface area contributed by atoms with Crippen LogP contribution in [0, 0.1) is 0 Å². The summed E-state index contributed by atoms with van der Waals surface area (Å²) in [5, 5.41) is 8.98. The molecule has 0 spiro atoms. The molecule has 1 N–H and O–H groups in total. The highest BCUT2D eigenvalue weighted by atomic mass is 16.4. The Morgan fingerprint density at radius 1 is 0.731 bits per heavy atom. The van der Waals surface area contributed by atoms with Crippen LogP contribution in [0.25, 0.3) is 11.1 Å². The topological polar surface area (TPSA) is 74.7 Å². The van der Waals surface area contributed by atoms with Crippen molar-refractivity contribution >= 4 is 23.5 Å². The lowest BCUT2D eigenvalue weighted by Crippen LogP contribution is -2.29. The molecule has 0 fully saturated rings. The Kier molecular flexibility index (Phi) is 3.62. The van der Waals surface area contributed by atoms with E-state index in [-0.39, 0.29) is 5.56 Å². The van der Waals surface area contributed by atoms with E-state index < -0.39 is 17.8 Å². The number of anilines is 1. The highest BCUT2D eigenvalue weighted by Crippen LogP contribution is 2.31. The van der Waals surface area contributed by atoms with Gasteiger partial charge in [-0.1, -0.05) is 36.4 Å². The number of nitrogens with zero attached hydrogens (tertiary/aromatic N) is 1. The minimum atomic E-state index is -1.06. The highest BCUT2D eigenvalue weighted by Gasteiger charge is 2.36.